The maximum atomic E-state index is 10.5. The van der Waals surface area contributed by atoms with Crippen molar-refractivity contribution < 1.29 is 4.79 Å². The molecule has 2 heteroatoms. The fourth-order valence-electron chi connectivity index (χ4n) is 1.05. The van der Waals surface area contributed by atoms with E-state index in [2.05, 4.69) is 0 Å². The monoisotopic (exact) mass is 144 g/mol. The highest BCUT2D eigenvalue weighted by atomic mass is 16.1. The van der Waals surface area contributed by atoms with E-state index in [0.717, 1.165) is 23.8 Å². The summed E-state index contributed by atoms with van der Waals surface area (Å²) >= 11 is 0. The molecule has 2 radical (unpaired) electrons. The van der Waals surface area contributed by atoms with Crippen LogP contribution in [0.1, 0.15) is 22.8 Å². The number of benzene rings is 1. The molecule has 1 aromatic carbocycles. The molecule has 0 unspecified atom stereocenters. The topological polar surface area (TPSA) is 17.1 Å². The predicted molar refractivity (Wildman–Crippen MR) is 46.6 cm³/mol. The van der Waals surface area contributed by atoms with E-state index in [-0.39, 0.29) is 0 Å². The first-order chi connectivity index (χ1) is 5.27. The Morgan fingerprint density at radius 3 is 2.82 bits per heavy atom. The van der Waals surface area contributed by atoms with Gasteiger partial charge in [-0.05, 0) is 12.0 Å². The van der Waals surface area contributed by atoms with Gasteiger partial charge in [0.2, 0.25) is 0 Å². The summed E-state index contributed by atoms with van der Waals surface area (Å²) in [5.74, 6) is 0. The lowest BCUT2D eigenvalue weighted by molar-refractivity contribution is 0.112. The second-order valence-electron chi connectivity index (χ2n) is 2.43. The lowest BCUT2D eigenvalue weighted by atomic mass is 9.91. The summed E-state index contributed by atoms with van der Waals surface area (Å²) in [7, 11) is 5.54. The van der Waals surface area contributed by atoms with Crippen LogP contribution in [0.15, 0.2) is 18.2 Å². The van der Waals surface area contributed by atoms with Crippen molar-refractivity contribution in [1.82, 2.24) is 0 Å². The van der Waals surface area contributed by atoms with E-state index in [0.29, 0.717) is 5.46 Å². The molecule has 1 rings (SSSR count). The van der Waals surface area contributed by atoms with Crippen molar-refractivity contribution in [1.29, 1.82) is 0 Å². The molecule has 0 saturated heterocycles. The number of hydrogen-bond acceptors (Lipinski definition) is 1. The Morgan fingerprint density at radius 2 is 2.27 bits per heavy atom. The van der Waals surface area contributed by atoms with Gasteiger partial charge in [-0.1, -0.05) is 30.6 Å². The molecule has 0 saturated carbocycles. The third kappa shape index (κ3) is 1.70. The van der Waals surface area contributed by atoms with Crippen LogP contribution < -0.4 is 5.46 Å². The Balaban J connectivity index is 3.16. The zero-order valence-corrected chi connectivity index (χ0v) is 6.50. The summed E-state index contributed by atoms with van der Waals surface area (Å²) < 4.78 is 0. The standard InChI is InChI=1S/C9H9BO/c1-2-7-5-9(10)4-3-8(7)6-11/h3-6H,2H2,1H3. The second-order valence-corrected chi connectivity index (χ2v) is 2.43. The molecule has 0 amide bonds. The van der Waals surface area contributed by atoms with Crippen LogP contribution >= 0.6 is 0 Å². The lowest BCUT2D eigenvalue weighted by Crippen LogP contribution is -2.04. The van der Waals surface area contributed by atoms with Crippen LogP contribution in [-0.4, -0.2) is 14.1 Å². The number of hydrogen-bond donors (Lipinski definition) is 0. The van der Waals surface area contributed by atoms with E-state index in [9.17, 15) is 4.79 Å². The highest BCUT2D eigenvalue weighted by molar-refractivity contribution is 6.32. The van der Waals surface area contributed by atoms with Gasteiger partial charge in [0.15, 0.2) is 0 Å². The van der Waals surface area contributed by atoms with Crippen LogP contribution in [0.5, 0.6) is 0 Å². The Bertz CT molecular complexity index is 268. The van der Waals surface area contributed by atoms with Crippen molar-refractivity contribution in [3.63, 3.8) is 0 Å². The number of aldehydes is 1. The molecule has 0 fully saturated rings. The molecule has 0 aromatic heterocycles. The molecule has 0 spiro atoms. The average molecular weight is 144 g/mol. The van der Waals surface area contributed by atoms with E-state index in [4.69, 9.17) is 7.85 Å². The van der Waals surface area contributed by atoms with Crippen molar-refractivity contribution in [2.75, 3.05) is 0 Å². The van der Waals surface area contributed by atoms with Gasteiger partial charge in [-0.2, -0.15) is 0 Å². The van der Waals surface area contributed by atoms with Crippen LogP contribution in [0.3, 0.4) is 0 Å². The maximum absolute atomic E-state index is 10.5. The van der Waals surface area contributed by atoms with Crippen LogP contribution in [0, 0.1) is 0 Å². The summed E-state index contributed by atoms with van der Waals surface area (Å²) in [6.45, 7) is 2.00. The molecule has 0 aliphatic carbocycles. The first-order valence-electron chi connectivity index (χ1n) is 3.61. The quantitative estimate of drug-likeness (QED) is 0.444. The summed E-state index contributed by atoms with van der Waals surface area (Å²) in [5, 5.41) is 0. The maximum Gasteiger partial charge on any atom is 0.150 e. The lowest BCUT2D eigenvalue weighted by Gasteiger charge is -2.01. The Kier molecular flexibility index (Phi) is 2.47. The molecule has 0 aliphatic rings. The van der Waals surface area contributed by atoms with Crippen molar-refractivity contribution in [2.24, 2.45) is 0 Å². The molecular weight excluding hydrogens is 135 g/mol. The highest BCUT2D eigenvalue weighted by Gasteiger charge is 1.97. The van der Waals surface area contributed by atoms with E-state index in [1.807, 2.05) is 13.0 Å². The summed E-state index contributed by atoms with van der Waals surface area (Å²) in [5.41, 5.74) is 2.47. The number of carbonyl (C=O) groups is 1. The van der Waals surface area contributed by atoms with Crippen molar-refractivity contribution in [3.8, 4) is 0 Å². The SMILES string of the molecule is [B]c1ccc(C=O)c(CC)c1. The van der Waals surface area contributed by atoms with Gasteiger partial charge in [-0.3, -0.25) is 4.79 Å². The smallest absolute Gasteiger partial charge is 0.150 e. The van der Waals surface area contributed by atoms with Crippen molar-refractivity contribution in [3.05, 3.63) is 29.3 Å². The first-order valence-corrected chi connectivity index (χ1v) is 3.61. The summed E-state index contributed by atoms with van der Waals surface area (Å²) in [6, 6.07) is 5.33. The second kappa shape index (κ2) is 3.38. The Labute approximate surface area is 67.8 Å². The van der Waals surface area contributed by atoms with Crippen molar-refractivity contribution in [2.45, 2.75) is 13.3 Å². The van der Waals surface area contributed by atoms with Gasteiger partial charge in [-0.15, -0.1) is 0 Å². The van der Waals surface area contributed by atoms with Crippen LogP contribution in [0.25, 0.3) is 0 Å². The fourth-order valence-corrected chi connectivity index (χ4v) is 1.05. The molecule has 11 heavy (non-hydrogen) atoms. The minimum atomic E-state index is 0.715. The zero-order valence-electron chi connectivity index (χ0n) is 6.50. The third-order valence-corrected chi connectivity index (χ3v) is 1.67. The van der Waals surface area contributed by atoms with E-state index in [1.165, 1.54) is 0 Å². The zero-order chi connectivity index (χ0) is 8.27. The minimum absolute atomic E-state index is 0.715. The summed E-state index contributed by atoms with van der Waals surface area (Å²) in [4.78, 5) is 10.5. The van der Waals surface area contributed by atoms with E-state index < -0.39 is 0 Å². The molecule has 0 atom stereocenters. The van der Waals surface area contributed by atoms with E-state index in [1.54, 1.807) is 12.1 Å². The highest BCUT2D eigenvalue weighted by Crippen LogP contribution is 2.04. The Morgan fingerprint density at radius 1 is 1.55 bits per heavy atom. The average Bonchev–Trinajstić information content (AvgIpc) is 2.04. The normalized spacial score (nSPS) is 9.55. The fraction of sp³-hybridized carbons (Fsp3) is 0.222. The van der Waals surface area contributed by atoms with Gasteiger partial charge >= 0.3 is 0 Å². The van der Waals surface area contributed by atoms with E-state index >= 15 is 0 Å². The van der Waals surface area contributed by atoms with Crippen LogP contribution in [0.4, 0.5) is 0 Å². The molecule has 1 nitrogen and oxygen atoms in total. The predicted octanol–water partition coefficient (Wildman–Crippen LogP) is 0.855. The van der Waals surface area contributed by atoms with Crippen molar-refractivity contribution >= 4 is 19.6 Å². The number of rotatable bonds is 2. The number of aryl methyl sites for hydroxylation is 1. The van der Waals surface area contributed by atoms with Gasteiger partial charge in [0, 0.05) is 5.56 Å². The summed E-state index contributed by atoms with van der Waals surface area (Å²) in [6.07, 6.45) is 1.71. The first kappa shape index (κ1) is 8.06. The molecule has 0 aliphatic heterocycles. The minimum Gasteiger partial charge on any atom is -0.298 e. The van der Waals surface area contributed by atoms with Gasteiger partial charge in [-0.25, -0.2) is 0 Å². The van der Waals surface area contributed by atoms with Gasteiger partial charge in [0.05, 0.1) is 0 Å². The molecule has 0 N–H and O–H groups in total. The van der Waals surface area contributed by atoms with Crippen LogP contribution in [0.2, 0.25) is 0 Å². The van der Waals surface area contributed by atoms with Gasteiger partial charge < -0.3 is 0 Å². The molecule has 1 aromatic rings. The van der Waals surface area contributed by atoms with Crippen LogP contribution in [-0.2, 0) is 6.42 Å². The largest absolute Gasteiger partial charge is 0.298 e. The Hall–Kier alpha value is -1.05. The molecule has 0 bridgehead atoms. The number of carbonyl (C=O) groups excluding carboxylic acids is 1. The molecule has 0 heterocycles. The molecule has 54 valence electrons. The van der Waals surface area contributed by atoms with Gasteiger partial charge in [0.1, 0.15) is 14.1 Å². The third-order valence-electron chi connectivity index (χ3n) is 1.67. The van der Waals surface area contributed by atoms with Gasteiger partial charge in [0.25, 0.3) is 0 Å². The molecular formula is C9H9BO.